The average molecular weight is 440 g/mol. The fourth-order valence-electron chi connectivity index (χ4n) is 5.46. The molecule has 1 aliphatic carbocycles. The predicted octanol–water partition coefficient (Wildman–Crippen LogP) is 8.37. The summed E-state index contributed by atoms with van der Waals surface area (Å²) in [7, 11) is 0. The van der Waals surface area contributed by atoms with Crippen molar-refractivity contribution < 1.29 is 0 Å². The number of fused-ring (bicyclic) bond motifs is 3. The molecular formula is C33H29N. The zero-order valence-electron chi connectivity index (χ0n) is 19.5. The molecule has 0 radical (unpaired) electrons. The number of hydrogen-bond donors (Lipinski definition) is 0. The van der Waals surface area contributed by atoms with E-state index in [4.69, 9.17) is 0 Å². The SMILES string of the molecule is C(=C1/CCCc2ccccc21)/N(Cc1cccc2ccccc12)Cc1cccc2ccccc12. The van der Waals surface area contributed by atoms with Gasteiger partial charge in [0.2, 0.25) is 0 Å². The Labute approximate surface area is 202 Å². The van der Waals surface area contributed by atoms with E-state index in [0.29, 0.717) is 0 Å². The number of aryl methyl sites for hydroxylation is 1. The summed E-state index contributed by atoms with van der Waals surface area (Å²) in [5, 5.41) is 5.30. The lowest BCUT2D eigenvalue weighted by Crippen LogP contribution is -2.18. The third kappa shape index (κ3) is 4.10. The molecule has 0 bridgehead atoms. The number of allylic oxidation sites excluding steroid dienone is 1. The molecule has 0 atom stereocenters. The molecule has 1 heteroatoms. The van der Waals surface area contributed by atoms with Crippen LogP contribution in [0.1, 0.15) is 35.1 Å². The molecule has 5 aromatic rings. The molecule has 34 heavy (non-hydrogen) atoms. The van der Waals surface area contributed by atoms with Crippen molar-refractivity contribution in [3.05, 3.63) is 138 Å². The van der Waals surface area contributed by atoms with Crippen LogP contribution in [-0.4, -0.2) is 4.90 Å². The average Bonchev–Trinajstić information content (AvgIpc) is 2.89. The van der Waals surface area contributed by atoms with Crippen LogP contribution in [0.3, 0.4) is 0 Å². The van der Waals surface area contributed by atoms with Crippen LogP contribution in [0.25, 0.3) is 27.1 Å². The van der Waals surface area contributed by atoms with Crippen LogP contribution in [0.4, 0.5) is 0 Å². The molecule has 5 aromatic carbocycles. The first-order valence-corrected chi connectivity index (χ1v) is 12.3. The molecule has 0 amide bonds. The van der Waals surface area contributed by atoms with Crippen LogP contribution in [-0.2, 0) is 19.5 Å². The van der Waals surface area contributed by atoms with Crippen LogP contribution in [0.2, 0.25) is 0 Å². The number of hydrogen-bond acceptors (Lipinski definition) is 1. The molecule has 0 saturated carbocycles. The predicted molar refractivity (Wildman–Crippen MR) is 144 cm³/mol. The molecule has 6 rings (SSSR count). The number of nitrogens with zero attached hydrogens (tertiary/aromatic N) is 1. The van der Waals surface area contributed by atoms with Crippen molar-refractivity contribution in [3.63, 3.8) is 0 Å². The fraction of sp³-hybridized carbons (Fsp3) is 0.152. The van der Waals surface area contributed by atoms with Gasteiger partial charge in [-0.25, -0.2) is 0 Å². The van der Waals surface area contributed by atoms with Crippen molar-refractivity contribution in [2.45, 2.75) is 32.4 Å². The second-order valence-electron chi connectivity index (χ2n) is 9.35. The van der Waals surface area contributed by atoms with Crippen LogP contribution >= 0.6 is 0 Å². The van der Waals surface area contributed by atoms with Crippen molar-refractivity contribution in [2.24, 2.45) is 0 Å². The molecule has 166 valence electrons. The molecule has 0 N–H and O–H groups in total. The maximum absolute atomic E-state index is 2.53. The van der Waals surface area contributed by atoms with Crippen molar-refractivity contribution >= 4 is 27.1 Å². The highest BCUT2D eigenvalue weighted by Crippen LogP contribution is 2.32. The van der Waals surface area contributed by atoms with E-state index in [1.54, 1.807) is 0 Å². The lowest BCUT2D eigenvalue weighted by molar-refractivity contribution is 0.365. The first-order valence-electron chi connectivity index (χ1n) is 12.3. The lowest BCUT2D eigenvalue weighted by atomic mass is 9.88. The lowest BCUT2D eigenvalue weighted by Gasteiger charge is -2.26. The molecule has 0 saturated heterocycles. The summed E-state index contributed by atoms with van der Waals surface area (Å²) in [6.07, 6.45) is 5.99. The normalized spacial score (nSPS) is 14.4. The highest BCUT2D eigenvalue weighted by Gasteiger charge is 2.16. The van der Waals surface area contributed by atoms with E-state index >= 15 is 0 Å². The summed E-state index contributed by atoms with van der Waals surface area (Å²) in [6.45, 7) is 1.77. The Bertz CT molecular complexity index is 1400. The molecule has 1 aliphatic rings. The summed E-state index contributed by atoms with van der Waals surface area (Å²) >= 11 is 0. The largest absolute Gasteiger partial charge is 0.368 e. The first-order chi connectivity index (χ1) is 16.8. The van der Waals surface area contributed by atoms with Crippen LogP contribution < -0.4 is 0 Å². The molecule has 0 unspecified atom stereocenters. The highest BCUT2D eigenvalue weighted by molar-refractivity contribution is 5.86. The third-order valence-corrected chi connectivity index (χ3v) is 7.10. The van der Waals surface area contributed by atoms with Crippen LogP contribution in [0.15, 0.2) is 115 Å². The second-order valence-corrected chi connectivity index (χ2v) is 9.35. The van der Waals surface area contributed by atoms with E-state index < -0.39 is 0 Å². The minimum Gasteiger partial charge on any atom is -0.368 e. The minimum absolute atomic E-state index is 0.885. The van der Waals surface area contributed by atoms with E-state index in [2.05, 4.69) is 120 Å². The quantitative estimate of drug-likeness (QED) is 0.266. The van der Waals surface area contributed by atoms with Gasteiger partial charge in [-0.2, -0.15) is 0 Å². The topological polar surface area (TPSA) is 3.24 Å². The van der Waals surface area contributed by atoms with Crippen molar-refractivity contribution in [1.82, 2.24) is 4.90 Å². The van der Waals surface area contributed by atoms with Gasteiger partial charge in [-0.05, 0) is 68.6 Å². The van der Waals surface area contributed by atoms with Gasteiger partial charge < -0.3 is 4.90 Å². The van der Waals surface area contributed by atoms with E-state index in [1.165, 1.54) is 62.2 Å². The Morgan fingerprint density at radius 3 is 1.79 bits per heavy atom. The molecule has 0 heterocycles. The molecule has 1 nitrogen and oxygen atoms in total. The van der Waals surface area contributed by atoms with Crippen LogP contribution in [0, 0.1) is 0 Å². The van der Waals surface area contributed by atoms with Gasteiger partial charge >= 0.3 is 0 Å². The van der Waals surface area contributed by atoms with E-state index in [9.17, 15) is 0 Å². The first kappa shape index (κ1) is 20.7. The van der Waals surface area contributed by atoms with Gasteiger partial charge in [0.1, 0.15) is 0 Å². The van der Waals surface area contributed by atoms with Crippen molar-refractivity contribution in [3.8, 4) is 0 Å². The molecule has 0 aliphatic heterocycles. The van der Waals surface area contributed by atoms with Gasteiger partial charge in [-0.15, -0.1) is 0 Å². The van der Waals surface area contributed by atoms with Crippen LogP contribution in [0.5, 0.6) is 0 Å². The molecule has 0 fully saturated rings. The Balaban J connectivity index is 1.43. The van der Waals surface area contributed by atoms with Crippen molar-refractivity contribution in [1.29, 1.82) is 0 Å². The molecule has 0 aromatic heterocycles. The minimum atomic E-state index is 0.885. The Hall–Kier alpha value is -3.84. The zero-order chi connectivity index (χ0) is 22.7. The van der Waals surface area contributed by atoms with Gasteiger partial charge in [-0.1, -0.05) is 109 Å². The third-order valence-electron chi connectivity index (χ3n) is 7.10. The highest BCUT2D eigenvalue weighted by atomic mass is 15.1. The monoisotopic (exact) mass is 439 g/mol. The van der Waals surface area contributed by atoms with Gasteiger partial charge in [0.15, 0.2) is 0 Å². The van der Waals surface area contributed by atoms with E-state index in [-0.39, 0.29) is 0 Å². The Kier molecular flexibility index (Phi) is 5.61. The fourth-order valence-corrected chi connectivity index (χ4v) is 5.46. The van der Waals surface area contributed by atoms with E-state index in [1.807, 2.05) is 0 Å². The number of benzene rings is 5. The molecular weight excluding hydrogens is 410 g/mol. The summed E-state index contributed by atoms with van der Waals surface area (Å²) in [5.74, 6) is 0. The summed E-state index contributed by atoms with van der Waals surface area (Å²) in [4.78, 5) is 2.53. The van der Waals surface area contributed by atoms with Gasteiger partial charge in [0.05, 0.1) is 0 Å². The second kappa shape index (κ2) is 9.19. The standard InChI is InChI=1S/C33H29N/c1-4-19-31-25(10-1)13-7-16-28(31)22-34(23-29-17-8-14-26-11-2-5-20-32(26)29)24-30-18-9-15-27-12-3-6-21-33(27)30/h1-8,10-14,16-17,19-21,24H,9,15,18,22-23H2/b30-24+. The maximum atomic E-state index is 2.53. The zero-order valence-corrected chi connectivity index (χ0v) is 19.5. The maximum Gasteiger partial charge on any atom is 0.0434 e. The van der Waals surface area contributed by atoms with Gasteiger partial charge in [-0.3, -0.25) is 0 Å². The Morgan fingerprint density at radius 1 is 0.559 bits per heavy atom. The summed E-state index contributed by atoms with van der Waals surface area (Å²) in [5.41, 5.74) is 7.12. The van der Waals surface area contributed by atoms with E-state index in [0.717, 1.165) is 19.5 Å². The smallest absolute Gasteiger partial charge is 0.0434 e. The summed E-state index contributed by atoms with van der Waals surface area (Å²) < 4.78 is 0. The molecule has 0 spiro atoms. The number of rotatable bonds is 5. The van der Waals surface area contributed by atoms with Crippen molar-refractivity contribution in [2.75, 3.05) is 0 Å². The summed E-state index contributed by atoms with van der Waals surface area (Å²) in [6, 6.07) is 39.8. The van der Waals surface area contributed by atoms with Gasteiger partial charge in [0, 0.05) is 19.3 Å². The van der Waals surface area contributed by atoms with Gasteiger partial charge in [0.25, 0.3) is 0 Å². The Morgan fingerprint density at radius 2 is 1.12 bits per heavy atom.